The van der Waals surface area contributed by atoms with Crippen molar-refractivity contribution < 1.29 is 60.3 Å². The molecule has 0 fully saturated rings. The Kier molecular flexibility index (Phi) is 30.2. The van der Waals surface area contributed by atoms with Crippen LogP contribution in [0.25, 0.3) is 5.57 Å². The third-order valence-electron chi connectivity index (χ3n) is 5.20. The minimum Gasteiger partial charge on any atom is -0.503 e. The predicted octanol–water partition coefficient (Wildman–Crippen LogP) is 3.75. The number of nitrogens with one attached hydrogen (secondary N) is 4. The fraction of sp³-hybridized carbons (Fsp3) is 0.200. The molecule has 0 bridgehead atoms. The van der Waals surface area contributed by atoms with Crippen LogP contribution in [0.15, 0.2) is 67.2 Å². The topological polar surface area (TPSA) is 152 Å². The van der Waals surface area contributed by atoms with E-state index in [1.807, 2.05) is 0 Å². The van der Waals surface area contributed by atoms with Crippen molar-refractivity contribution in [3.05, 3.63) is 78.3 Å². The molecule has 0 aliphatic carbocycles. The number of esters is 1. The summed E-state index contributed by atoms with van der Waals surface area (Å²) in [5.74, 6) is 0.520. The molecule has 0 saturated heterocycles. The van der Waals surface area contributed by atoms with E-state index in [9.17, 15) is 10.1 Å². The Bertz CT molecular complexity index is 1620. The maximum Gasteiger partial charge on any atom is 2.00 e. The maximum absolute atomic E-state index is 12.1. The molecule has 1 aromatic heterocycles. The molecule has 0 unspecified atom stereocenters. The molecule has 0 saturated carbocycles. The molecule has 0 atom stereocenters. The number of ether oxygens (including phenoxy) is 4. The first-order chi connectivity index (χ1) is 23.9. The van der Waals surface area contributed by atoms with Gasteiger partial charge in [0.2, 0.25) is 11.8 Å². The molecule has 4 N–H and O–H groups in total. The van der Waals surface area contributed by atoms with Gasteiger partial charge in [-0.05, 0) is 18.2 Å². The Labute approximate surface area is 369 Å². The minimum atomic E-state index is -0.576. The van der Waals surface area contributed by atoms with Crippen molar-refractivity contribution >= 4 is 128 Å². The zero-order valence-electron chi connectivity index (χ0n) is 27.4. The van der Waals surface area contributed by atoms with E-state index in [0.29, 0.717) is 66.1 Å². The molecule has 0 aliphatic rings. The van der Waals surface area contributed by atoms with E-state index >= 15 is 0 Å². The second-order valence-electron chi connectivity index (χ2n) is 8.62. The monoisotopic (exact) mass is 942 g/mol. The molecular weight excluding hydrogens is 915 g/mol. The molecule has 0 amide bonds. The van der Waals surface area contributed by atoms with E-state index in [4.69, 9.17) is 18.9 Å². The molecule has 1 radical (unpaired) electrons. The van der Waals surface area contributed by atoms with Crippen LogP contribution in [0.1, 0.15) is 11.1 Å². The number of aromatic nitrogens is 2. The molecule has 3 aromatic rings. The van der Waals surface area contributed by atoms with E-state index in [2.05, 4.69) is 137 Å². The molecular formula is C30H29MnN7O5S8Zn. The predicted molar refractivity (Wildman–Crippen MR) is 219 cm³/mol. The third kappa shape index (κ3) is 23.0. The number of para-hydroxylation sites is 2. The largest absolute Gasteiger partial charge is 2.00 e. The number of carbonyl (C=O) groups excluding carboxylic acids is 1. The van der Waals surface area contributed by atoms with Crippen LogP contribution in [-0.2, 0) is 101 Å². The third-order valence-corrected chi connectivity index (χ3v) is 6.35. The summed E-state index contributed by atoms with van der Waals surface area (Å²) in [7, 11) is 2.71. The van der Waals surface area contributed by atoms with Gasteiger partial charge in [0, 0.05) is 31.7 Å². The number of carbonyl (C=O) groups is 1. The van der Waals surface area contributed by atoms with Crippen LogP contribution in [0.4, 0.5) is 0 Å². The average molecular weight is 944 g/mol. The van der Waals surface area contributed by atoms with Crippen molar-refractivity contribution in [2.45, 2.75) is 0 Å². The summed E-state index contributed by atoms with van der Waals surface area (Å²) >= 11 is 36.7. The van der Waals surface area contributed by atoms with Crippen LogP contribution < -0.4 is 30.7 Å². The van der Waals surface area contributed by atoms with Gasteiger partial charge in [-0.1, -0.05) is 47.6 Å². The number of benzene rings is 2. The summed E-state index contributed by atoms with van der Waals surface area (Å²) in [5.41, 5.74) is 1.02. The van der Waals surface area contributed by atoms with Crippen LogP contribution in [0, 0.1) is 11.3 Å². The average Bonchev–Trinajstić information content (AvgIpc) is 3.08. The van der Waals surface area contributed by atoms with Gasteiger partial charge in [0.05, 0.1) is 32.1 Å². The number of hydrogen-bond acceptors (Lipinski definition) is 16. The molecule has 1 heterocycles. The van der Waals surface area contributed by atoms with E-state index in [0.717, 1.165) is 0 Å². The Morgan fingerprint density at radius 1 is 0.769 bits per heavy atom. The van der Waals surface area contributed by atoms with Gasteiger partial charge in [-0.3, -0.25) is 0 Å². The van der Waals surface area contributed by atoms with Gasteiger partial charge in [-0.25, -0.2) is 14.8 Å². The number of nitriles is 1. The summed E-state index contributed by atoms with van der Waals surface area (Å²) in [6.45, 7) is 2.66. The van der Waals surface area contributed by atoms with Gasteiger partial charge < -0.3 is 140 Å². The molecule has 12 nitrogen and oxygen atoms in total. The summed E-state index contributed by atoms with van der Waals surface area (Å²) in [6.07, 6.45) is 2.55. The van der Waals surface area contributed by atoms with Gasteiger partial charge >= 0.3 is 42.5 Å². The molecule has 3 rings (SSSR count). The summed E-state index contributed by atoms with van der Waals surface area (Å²) in [5, 5.41) is 20.3. The maximum atomic E-state index is 12.1. The smallest absolute Gasteiger partial charge is 0.503 e. The SMILES string of the molecule is CO/C=C(/C(=O)OC)c1ccccc1Oc1cc(Oc2ccccc2C#N)ncn1.S=C([S-])NCCNC(=S)[S-].S=C([S-])NCCNC(=S)[S-].[Mn+2].[Zn+2]. The van der Waals surface area contributed by atoms with Gasteiger partial charge in [0.1, 0.15) is 29.5 Å². The van der Waals surface area contributed by atoms with Crippen LogP contribution >= 0.6 is 48.9 Å². The Balaban J connectivity index is 0. The first-order valence-electron chi connectivity index (χ1n) is 13.8. The fourth-order valence-electron chi connectivity index (χ4n) is 3.19. The van der Waals surface area contributed by atoms with Crippen molar-refractivity contribution in [3.8, 4) is 29.3 Å². The van der Waals surface area contributed by atoms with Crippen LogP contribution in [0.5, 0.6) is 23.3 Å². The van der Waals surface area contributed by atoms with Crippen molar-refractivity contribution in [2.75, 3.05) is 40.4 Å². The number of thiocarbonyl (C=S) groups is 4. The molecule has 2 aromatic carbocycles. The molecule has 0 spiro atoms. The van der Waals surface area contributed by atoms with Crippen molar-refractivity contribution in [3.63, 3.8) is 0 Å². The Morgan fingerprint density at radius 2 is 1.19 bits per heavy atom. The van der Waals surface area contributed by atoms with E-state index in [1.165, 1.54) is 32.9 Å². The summed E-state index contributed by atoms with van der Waals surface area (Å²) in [6, 6.07) is 17.2. The van der Waals surface area contributed by atoms with Crippen molar-refractivity contribution in [1.82, 2.24) is 31.2 Å². The normalized spacial score (nSPS) is 9.37. The van der Waals surface area contributed by atoms with Gasteiger partial charge in [-0.2, -0.15) is 5.26 Å². The first kappa shape index (κ1) is 51.3. The molecule has 22 heteroatoms. The van der Waals surface area contributed by atoms with E-state index < -0.39 is 5.97 Å². The van der Waals surface area contributed by atoms with Crippen molar-refractivity contribution in [1.29, 1.82) is 5.26 Å². The standard InChI is InChI=1S/C22H17N3O5.2C4H8N2S4.Mn.Zn/c1-27-13-17(22(26)28-2)16-8-4-6-10-19(16)30-21-11-20(24-14-25-21)29-18-9-5-3-7-15(18)12-23;2*7-3(8)5-1-2-6-4(9)10;;/h3-11,13-14H,1-2H3;2*1-2H2,(H2,5,7,8)(H2,6,9,10);;/q;;;2*+2/p-4/b17-13+;;;;. The van der Waals surface area contributed by atoms with E-state index in [1.54, 1.807) is 48.5 Å². The van der Waals surface area contributed by atoms with Crippen LogP contribution in [-0.4, -0.2) is 73.6 Å². The molecule has 271 valence electrons. The van der Waals surface area contributed by atoms with Gasteiger partial charge in [0.25, 0.3) is 0 Å². The number of nitrogens with zero attached hydrogens (tertiary/aromatic N) is 3. The van der Waals surface area contributed by atoms with Gasteiger partial charge in [0.15, 0.2) is 0 Å². The first-order valence-corrected chi connectivity index (χ1v) is 17.0. The summed E-state index contributed by atoms with van der Waals surface area (Å²) < 4.78 is 22.9. The van der Waals surface area contributed by atoms with E-state index in [-0.39, 0.29) is 53.9 Å². The second kappa shape index (κ2) is 30.6. The fourth-order valence-corrected chi connectivity index (χ4v) is 4.01. The number of hydrogen-bond donors (Lipinski definition) is 4. The second-order valence-corrected chi connectivity index (χ2v) is 12.9. The Morgan fingerprint density at radius 3 is 1.62 bits per heavy atom. The number of rotatable bonds is 13. The minimum absolute atomic E-state index is 0. The number of methoxy groups -OCH3 is 2. The molecule has 0 aliphatic heterocycles. The zero-order valence-corrected chi connectivity index (χ0v) is 38.1. The summed E-state index contributed by atoms with van der Waals surface area (Å²) in [4.78, 5) is 20.3. The van der Waals surface area contributed by atoms with Crippen molar-refractivity contribution in [2.24, 2.45) is 0 Å². The Hall–Kier alpha value is -2.80. The quantitative estimate of drug-likeness (QED) is 0.0374. The zero-order chi connectivity index (χ0) is 37.3. The van der Waals surface area contributed by atoms with Gasteiger partial charge in [-0.15, -0.1) is 0 Å². The van der Waals surface area contributed by atoms with Crippen LogP contribution in [0.2, 0.25) is 0 Å². The molecule has 52 heavy (non-hydrogen) atoms. The van der Waals surface area contributed by atoms with Crippen LogP contribution in [0.3, 0.4) is 0 Å².